The molecular formula is C25H26N6O. The lowest BCUT2D eigenvalue weighted by Crippen LogP contribution is -2.14. The highest BCUT2D eigenvalue weighted by atomic mass is 16.1. The van der Waals surface area contributed by atoms with Crippen molar-refractivity contribution in [2.75, 3.05) is 5.32 Å². The maximum atomic E-state index is 13.0. The number of hydrogen-bond donors (Lipinski definition) is 1. The number of aromatic nitrogens is 5. The number of nitrogens with one attached hydrogen (secondary N) is 1. The summed E-state index contributed by atoms with van der Waals surface area (Å²) in [5, 5.41) is 2.93. The molecule has 4 aromatic rings. The Balaban J connectivity index is 1.39. The van der Waals surface area contributed by atoms with E-state index in [1.165, 1.54) is 12.8 Å². The lowest BCUT2D eigenvalue weighted by molar-refractivity contribution is 0.102. The van der Waals surface area contributed by atoms with E-state index in [2.05, 4.69) is 44.9 Å². The largest absolute Gasteiger partial charge is 0.327 e. The molecule has 1 amide bonds. The molecule has 32 heavy (non-hydrogen) atoms. The van der Waals surface area contributed by atoms with Crippen molar-refractivity contribution in [3.05, 3.63) is 78.1 Å². The second-order valence-electron chi connectivity index (χ2n) is 8.60. The van der Waals surface area contributed by atoms with Gasteiger partial charge in [0.15, 0.2) is 5.82 Å². The molecule has 7 nitrogen and oxygen atoms in total. The third kappa shape index (κ3) is 3.93. The Hall–Kier alpha value is -3.74. The molecule has 0 unspecified atom stereocenters. The van der Waals surface area contributed by atoms with Gasteiger partial charge in [0.25, 0.3) is 5.91 Å². The summed E-state index contributed by atoms with van der Waals surface area (Å²) in [5.41, 5.74) is 4.46. The highest BCUT2D eigenvalue weighted by Gasteiger charge is 2.26. The predicted octanol–water partition coefficient (Wildman–Crippen LogP) is 5.15. The molecule has 3 aromatic heterocycles. The van der Waals surface area contributed by atoms with Crippen LogP contribution in [0.5, 0.6) is 0 Å². The standard InChI is InChI=1S/C25H26N6O/c1-16(2)31-12-11-26-24(31)20-5-4-6-23(28-20)29-25(32)19-8-7-17(3)22(13-19)30-14-21(27-15-30)18-9-10-18/h4-8,11-16,18H,9-10H2,1-3H3,(H,28,29,32). The van der Waals surface area contributed by atoms with E-state index in [9.17, 15) is 4.79 Å². The van der Waals surface area contributed by atoms with E-state index in [1.54, 1.807) is 12.3 Å². The van der Waals surface area contributed by atoms with Crippen molar-refractivity contribution >= 4 is 11.7 Å². The summed E-state index contributed by atoms with van der Waals surface area (Å²) in [7, 11) is 0. The van der Waals surface area contributed by atoms with Crippen molar-refractivity contribution in [2.45, 2.75) is 45.6 Å². The summed E-state index contributed by atoms with van der Waals surface area (Å²) < 4.78 is 4.06. The Morgan fingerprint density at radius 1 is 1.16 bits per heavy atom. The van der Waals surface area contributed by atoms with Crippen LogP contribution in [0.15, 0.2) is 61.3 Å². The number of carbonyl (C=O) groups is 1. The Morgan fingerprint density at radius 3 is 2.78 bits per heavy atom. The topological polar surface area (TPSA) is 77.6 Å². The summed E-state index contributed by atoms with van der Waals surface area (Å²) >= 11 is 0. The minimum Gasteiger partial charge on any atom is -0.327 e. The molecule has 1 aliphatic rings. The van der Waals surface area contributed by atoms with Crippen LogP contribution >= 0.6 is 0 Å². The quantitative estimate of drug-likeness (QED) is 0.462. The van der Waals surface area contributed by atoms with E-state index in [1.807, 2.05) is 54.3 Å². The van der Waals surface area contributed by atoms with Gasteiger partial charge in [-0.3, -0.25) is 4.79 Å². The Morgan fingerprint density at radius 2 is 2.00 bits per heavy atom. The minimum absolute atomic E-state index is 0.203. The molecule has 3 heterocycles. The van der Waals surface area contributed by atoms with Crippen LogP contribution in [0, 0.1) is 6.92 Å². The highest BCUT2D eigenvalue weighted by Crippen LogP contribution is 2.39. The number of imidazole rings is 2. The number of aryl methyl sites for hydroxylation is 1. The highest BCUT2D eigenvalue weighted by molar-refractivity contribution is 6.04. The minimum atomic E-state index is -0.203. The van der Waals surface area contributed by atoms with Gasteiger partial charge in [0.2, 0.25) is 0 Å². The van der Waals surface area contributed by atoms with E-state index >= 15 is 0 Å². The van der Waals surface area contributed by atoms with Crippen LogP contribution in [-0.4, -0.2) is 30.0 Å². The van der Waals surface area contributed by atoms with Crippen LogP contribution in [-0.2, 0) is 0 Å². The van der Waals surface area contributed by atoms with E-state index in [0.717, 1.165) is 28.5 Å². The molecule has 1 N–H and O–H groups in total. The molecule has 0 atom stereocenters. The smallest absolute Gasteiger partial charge is 0.256 e. The summed E-state index contributed by atoms with van der Waals surface area (Å²) in [6.07, 6.45) is 10.0. The van der Waals surface area contributed by atoms with Crippen LogP contribution in [0.4, 0.5) is 5.82 Å². The van der Waals surface area contributed by atoms with Gasteiger partial charge < -0.3 is 14.5 Å². The molecule has 0 bridgehead atoms. The molecule has 0 aliphatic heterocycles. The molecular weight excluding hydrogens is 400 g/mol. The first-order chi connectivity index (χ1) is 15.5. The predicted molar refractivity (Wildman–Crippen MR) is 124 cm³/mol. The number of carbonyl (C=O) groups excluding carboxylic acids is 1. The number of rotatable bonds is 6. The zero-order chi connectivity index (χ0) is 22.2. The fraction of sp³-hybridized carbons (Fsp3) is 0.280. The Labute approximate surface area is 187 Å². The maximum Gasteiger partial charge on any atom is 0.256 e. The molecule has 1 fully saturated rings. The first kappa shape index (κ1) is 20.2. The zero-order valence-corrected chi connectivity index (χ0v) is 18.5. The van der Waals surface area contributed by atoms with Crippen LogP contribution in [0.25, 0.3) is 17.2 Å². The molecule has 0 radical (unpaired) electrons. The first-order valence-electron chi connectivity index (χ1n) is 11.0. The molecule has 0 saturated heterocycles. The summed E-state index contributed by atoms with van der Waals surface area (Å²) in [5.74, 6) is 1.66. The van der Waals surface area contributed by atoms with Crippen LogP contribution in [0.1, 0.15) is 60.3 Å². The van der Waals surface area contributed by atoms with Crippen LogP contribution in [0.3, 0.4) is 0 Å². The van der Waals surface area contributed by atoms with Gasteiger partial charge in [0.1, 0.15) is 11.5 Å². The molecule has 7 heteroatoms. The number of nitrogens with zero attached hydrogens (tertiary/aromatic N) is 5. The van der Waals surface area contributed by atoms with Crippen molar-refractivity contribution in [1.29, 1.82) is 0 Å². The van der Waals surface area contributed by atoms with Gasteiger partial charge in [0.05, 0.1) is 17.7 Å². The fourth-order valence-electron chi connectivity index (χ4n) is 3.83. The Kier molecular flexibility index (Phi) is 5.09. The molecule has 1 saturated carbocycles. The van der Waals surface area contributed by atoms with E-state index in [4.69, 9.17) is 0 Å². The summed E-state index contributed by atoms with van der Waals surface area (Å²) in [6.45, 7) is 6.23. The second kappa shape index (κ2) is 8.07. The van der Waals surface area contributed by atoms with Crippen LogP contribution < -0.4 is 5.32 Å². The molecule has 1 aromatic carbocycles. The number of pyridine rings is 1. The lowest BCUT2D eigenvalue weighted by Gasteiger charge is -2.12. The third-order valence-electron chi connectivity index (χ3n) is 5.79. The lowest BCUT2D eigenvalue weighted by atomic mass is 10.1. The van der Waals surface area contributed by atoms with Crippen LogP contribution in [0.2, 0.25) is 0 Å². The van der Waals surface area contributed by atoms with Crippen molar-refractivity contribution in [3.63, 3.8) is 0 Å². The van der Waals surface area contributed by atoms with Gasteiger partial charge >= 0.3 is 0 Å². The Bertz CT molecular complexity index is 1280. The normalized spacial score (nSPS) is 13.5. The average Bonchev–Trinajstić information content (AvgIpc) is 3.31. The maximum absolute atomic E-state index is 13.0. The van der Waals surface area contributed by atoms with Crippen molar-refractivity contribution in [1.82, 2.24) is 24.1 Å². The first-order valence-corrected chi connectivity index (χ1v) is 11.0. The number of amides is 1. The molecule has 5 rings (SSSR count). The summed E-state index contributed by atoms with van der Waals surface area (Å²) in [4.78, 5) is 26.6. The SMILES string of the molecule is Cc1ccc(C(=O)Nc2cccc(-c3nccn3C(C)C)n2)cc1-n1cnc(C2CC2)c1. The molecule has 1 aliphatic carbocycles. The fourth-order valence-corrected chi connectivity index (χ4v) is 3.83. The van der Waals surface area contributed by atoms with Gasteiger partial charge in [-0.25, -0.2) is 15.0 Å². The van der Waals surface area contributed by atoms with Gasteiger partial charge in [-0.05, 0) is 63.4 Å². The number of benzene rings is 1. The van der Waals surface area contributed by atoms with E-state index in [0.29, 0.717) is 17.3 Å². The van der Waals surface area contributed by atoms with E-state index < -0.39 is 0 Å². The number of hydrogen-bond acceptors (Lipinski definition) is 4. The second-order valence-corrected chi connectivity index (χ2v) is 8.60. The van der Waals surface area contributed by atoms with Gasteiger partial charge in [-0.15, -0.1) is 0 Å². The van der Waals surface area contributed by atoms with Gasteiger partial charge in [-0.1, -0.05) is 12.1 Å². The van der Waals surface area contributed by atoms with Crippen molar-refractivity contribution < 1.29 is 4.79 Å². The van der Waals surface area contributed by atoms with Crippen molar-refractivity contribution in [2.24, 2.45) is 0 Å². The molecule has 162 valence electrons. The molecule has 0 spiro atoms. The van der Waals surface area contributed by atoms with Crippen molar-refractivity contribution in [3.8, 4) is 17.2 Å². The monoisotopic (exact) mass is 426 g/mol. The van der Waals surface area contributed by atoms with Gasteiger partial charge in [0, 0.05) is 36.1 Å². The van der Waals surface area contributed by atoms with Gasteiger partial charge in [-0.2, -0.15) is 0 Å². The summed E-state index contributed by atoms with van der Waals surface area (Å²) in [6, 6.07) is 11.5. The van der Waals surface area contributed by atoms with E-state index in [-0.39, 0.29) is 11.9 Å². The number of anilines is 1. The average molecular weight is 427 g/mol. The third-order valence-corrected chi connectivity index (χ3v) is 5.79. The zero-order valence-electron chi connectivity index (χ0n) is 18.5.